The van der Waals surface area contributed by atoms with Gasteiger partial charge in [-0.3, -0.25) is 19.3 Å². The minimum atomic E-state index is -0.550. The highest BCUT2D eigenvalue weighted by Crippen LogP contribution is 2.25. The Hall–Kier alpha value is -2.63. The molecule has 1 unspecified atom stereocenters. The maximum atomic E-state index is 12.4. The van der Waals surface area contributed by atoms with Crippen molar-refractivity contribution in [3.63, 3.8) is 0 Å². The minimum absolute atomic E-state index is 0.144. The van der Waals surface area contributed by atoms with Gasteiger partial charge in [0.2, 0.25) is 11.8 Å². The lowest BCUT2D eigenvalue weighted by Gasteiger charge is -2.14. The maximum Gasteiger partial charge on any atom is 0.326 e. The first-order chi connectivity index (χ1) is 11.5. The summed E-state index contributed by atoms with van der Waals surface area (Å²) in [6.07, 6.45) is 2.62. The Morgan fingerprint density at radius 3 is 2.83 bits per heavy atom. The second-order valence-electron chi connectivity index (χ2n) is 6.05. The lowest BCUT2D eigenvalue weighted by atomic mass is 9.97. The first kappa shape index (κ1) is 16.2. The van der Waals surface area contributed by atoms with Gasteiger partial charge in [-0.2, -0.15) is 0 Å². The van der Waals surface area contributed by atoms with Crippen LogP contribution in [0, 0.1) is 5.92 Å². The second-order valence-corrected chi connectivity index (χ2v) is 6.05. The number of aryl methyl sites for hydroxylation is 1. The van der Waals surface area contributed by atoms with Crippen LogP contribution in [0.2, 0.25) is 0 Å². The first-order valence-corrected chi connectivity index (χ1v) is 8.03. The fourth-order valence-corrected chi connectivity index (χ4v) is 3.16. The Morgan fingerprint density at radius 1 is 1.29 bits per heavy atom. The molecule has 0 saturated carbocycles. The van der Waals surface area contributed by atoms with Gasteiger partial charge in [-0.05, 0) is 42.5 Å². The van der Waals surface area contributed by atoms with Gasteiger partial charge < -0.3 is 9.30 Å². The van der Waals surface area contributed by atoms with Crippen molar-refractivity contribution < 1.29 is 19.1 Å². The van der Waals surface area contributed by atoms with E-state index >= 15 is 0 Å². The predicted molar refractivity (Wildman–Crippen MR) is 88.1 cm³/mol. The van der Waals surface area contributed by atoms with E-state index in [9.17, 15) is 14.4 Å². The number of carbonyl (C=O) groups is 3. The number of amides is 2. The zero-order chi connectivity index (χ0) is 17.3. The summed E-state index contributed by atoms with van der Waals surface area (Å²) in [6, 6.07) is 8.06. The topological polar surface area (TPSA) is 68.6 Å². The summed E-state index contributed by atoms with van der Waals surface area (Å²) in [5.74, 6) is -1.56. The summed E-state index contributed by atoms with van der Waals surface area (Å²) < 4.78 is 6.85. The van der Waals surface area contributed by atoms with Crippen molar-refractivity contribution in [2.24, 2.45) is 13.0 Å². The predicted octanol–water partition coefficient (Wildman–Crippen LogP) is 1.66. The van der Waals surface area contributed by atoms with Crippen LogP contribution in [0.5, 0.6) is 0 Å². The van der Waals surface area contributed by atoms with E-state index in [1.54, 1.807) is 6.92 Å². The zero-order valence-corrected chi connectivity index (χ0v) is 13.8. The summed E-state index contributed by atoms with van der Waals surface area (Å²) >= 11 is 0. The van der Waals surface area contributed by atoms with E-state index in [0.717, 1.165) is 21.4 Å². The number of hydrogen-bond acceptors (Lipinski definition) is 4. The van der Waals surface area contributed by atoms with Gasteiger partial charge in [0.05, 0.1) is 12.5 Å². The van der Waals surface area contributed by atoms with Crippen LogP contribution in [0.3, 0.4) is 0 Å². The number of nitrogens with zero attached hydrogens (tertiary/aromatic N) is 2. The van der Waals surface area contributed by atoms with Crippen molar-refractivity contribution in [3.8, 4) is 0 Å². The van der Waals surface area contributed by atoms with E-state index in [0.29, 0.717) is 6.42 Å². The van der Waals surface area contributed by atoms with Gasteiger partial charge in [0.1, 0.15) is 6.54 Å². The Bertz CT molecular complexity index is 808. The van der Waals surface area contributed by atoms with Crippen LogP contribution >= 0.6 is 0 Å². The second kappa shape index (κ2) is 6.47. The van der Waals surface area contributed by atoms with Crippen LogP contribution in [0.15, 0.2) is 30.5 Å². The van der Waals surface area contributed by atoms with Gasteiger partial charge in [0, 0.05) is 25.2 Å². The molecule has 0 spiro atoms. The summed E-state index contributed by atoms with van der Waals surface area (Å²) in [5.41, 5.74) is 2.13. The number of fused-ring (bicyclic) bond motifs is 1. The zero-order valence-electron chi connectivity index (χ0n) is 13.8. The molecule has 3 rings (SSSR count). The van der Waals surface area contributed by atoms with Crippen LogP contribution in [0.25, 0.3) is 10.9 Å². The largest absolute Gasteiger partial charge is 0.465 e. The Morgan fingerprint density at radius 2 is 2.08 bits per heavy atom. The lowest BCUT2D eigenvalue weighted by Crippen LogP contribution is -2.36. The number of hydrogen-bond donors (Lipinski definition) is 0. The van der Waals surface area contributed by atoms with Crippen molar-refractivity contribution in [3.05, 3.63) is 36.0 Å². The minimum Gasteiger partial charge on any atom is -0.465 e. The number of imide groups is 1. The smallest absolute Gasteiger partial charge is 0.326 e. The summed E-state index contributed by atoms with van der Waals surface area (Å²) in [4.78, 5) is 37.0. The number of carbonyl (C=O) groups excluding carboxylic acids is 3. The van der Waals surface area contributed by atoms with E-state index in [1.165, 1.54) is 0 Å². The quantitative estimate of drug-likeness (QED) is 0.618. The van der Waals surface area contributed by atoms with E-state index in [1.807, 2.05) is 42.1 Å². The number of rotatable bonds is 5. The molecular formula is C18H20N2O4. The monoisotopic (exact) mass is 328 g/mol. The van der Waals surface area contributed by atoms with Crippen LogP contribution in [-0.2, 0) is 32.6 Å². The number of aromatic nitrogens is 1. The van der Waals surface area contributed by atoms with E-state index in [-0.39, 0.29) is 31.4 Å². The first-order valence-electron chi connectivity index (χ1n) is 8.03. The average Bonchev–Trinajstić information content (AvgIpc) is 3.03. The molecule has 6 nitrogen and oxygen atoms in total. The van der Waals surface area contributed by atoms with Crippen LogP contribution < -0.4 is 0 Å². The number of esters is 1. The summed E-state index contributed by atoms with van der Waals surface area (Å²) in [7, 11) is 1.98. The highest BCUT2D eigenvalue weighted by molar-refractivity contribution is 6.05. The lowest BCUT2D eigenvalue weighted by molar-refractivity contribution is -0.152. The highest BCUT2D eigenvalue weighted by Gasteiger charge is 2.39. The van der Waals surface area contributed by atoms with Gasteiger partial charge in [-0.1, -0.05) is 6.07 Å². The standard InChI is InChI=1S/C18H20N2O4/c1-3-24-17(22)11-20-16(21)10-14(18(20)23)9-12-4-5-15-13(8-12)6-7-19(15)2/h4-8,14H,3,9-11H2,1-2H3. The van der Waals surface area contributed by atoms with Gasteiger partial charge in [-0.25, -0.2) is 0 Å². The third kappa shape index (κ3) is 3.04. The molecule has 2 aromatic rings. The molecular weight excluding hydrogens is 308 g/mol. The van der Waals surface area contributed by atoms with Crippen molar-refractivity contribution in [1.29, 1.82) is 0 Å². The molecule has 1 fully saturated rings. The fourth-order valence-electron chi connectivity index (χ4n) is 3.16. The number of likely N-dealkylation sites (tertiary alicyclic amines) is 1. The SMILES string of the molecule is CCOC(=O)CN1C(=O)CC(Cc2ccc3c(ccn3C)c2)C1=O. The molecule has 1 aromatic heterocycles. The van der Waals surface area contributed by atoms with Gasteiger partial charge in [0.15, 0.2) is 0 Å². The summed E-state index contributed by atoms with van der Waals surface area (Å²) in [6.45, 7) is 1.63. The van der Waals surface area contributed by atoms with Crippen molar-refractivity contribution >= 4 is 28.7 Å². The highest BCUT2D eigenvalue weighted by atomic mass is 16.5. The van der Waals surface area contributed by atoms with Gasteiger partial charge in [0.25, 0.3) is 0 Å². The third-order valence-electron chi connectivity index (χ3n) is 4.36. The van der Waals surface area contributed by atoms with Crippen molar-refractivity contribution in [1.82, 2.24) is 9.47 Å². The molecule has 0 bridgehead atoms. The van der Waals surface area contributed by atoms with Crippen molar-refractivity contribution in [2.75, 3.05) is 13.2 Å². The molecule has 24 heavy (non-hydrogen) atoms. The molecule has 0 N–H and O–H groups in total. The van der Waals surface area contributed by atoms with Crippen molar-refractivity contribution in [2.45, 2.75) is 19.8 Å². The van der Waals surface area contributed by atoms with E-state index in [2.05, 4.69) is 0 Å². The maximum absolute atomic E-state index is 12.4. The molecule has 6 heteroatoms. The molecule has 0 radical (unpaired) electrons. The normalized spacial score (nSPS) is 17.8. The molecule has 1 atom stereocenters. The molecule has 1 aromatic carbocycles. The Balaban J connectivity index is 1.71. The third-order valence-corrected chi connectivity index (χ3v) is 4.36. The fraction of sp³-hybridized carbons (Fsp3) is 0.389. The van der Waals surface area contributed by atoms with Gasteiger partial charge >= 0.3 is 5.97 Å². The van der Waals surface area contributed by atoms with Crippen LogP contribution in [-0.4, -0.2) is 40.4 Å². The molecule has 126 valence electrons. The van der Waals surface area contributed by atoms with E-state index in [4.69, 9.17) is 4.74 Å². The van der Waals surface area contributed by atoms with E-state index < -0.39 is 11.9 Å². The number of benzene rings is 1. The average molecular weight is 328 g/mol. The van der Waals surface area contributed by atoms with Gasteiger partial charge in [-0.15, -0.1) is 0 Å². The molecule has 1 saturated heterocycles. The Labute approximate surface area is 140 Å². The van der Waals surface area contributed by atoms with Crippen LogP contribution in [0.1, 0.15) is 18.9 Å². The Kier molecular flexibility index (Phi) is 4.38. The molecule has 1 aliphatic heterocycles. The van der Waals surface area contributed by atoms with Crippen LogP contribution in [0.4, 0.5) is 0 Å². The summed E-state index contributed by atoms with van der Waals surface area (Å²) in [5, 5.41) is 1.11. The molecule has 2 amide bonds. The number of ether oxygens (including phenoxy) is 1. The molecule has 1 aliphatic rings. The molecule has 2 heterocycles. The molecule has 0 aliphatic carbocycles.